The van der Waals surface area contributed by atoms with E-state index in [-0.39, 0.29) is 31.4 Å². The minimum atomic E-state index is -1.18. The molecule has 3 aliphatic rings. The second-order valence-corrected chi connectivity index (χ2v) is 12.5. The third-order valence-corrected chi connectivity index (χ3v) is 8.64. The largest absolute Gasteiger partial charge is 0.549 e. The van der Waals surface area contributed by atoms with Crippen LogP contribution < -0.4 is 20.8 Å². The fraction of sp³-hybridized carbons (Fsp3) is 0.879. The number of amides is 2. The Hall–Kier alpha value is -2.28. The van der Waals surface area contributed by atoms with Crippen molar-refractivity contribution < 1.29 is 29.4 Å². The van der Waals surface area contributed by atoms with Crippen molar-refractivity contribution in [2.45, 2.75) is 96.3 Å². The van der Waals surface area contributed by atoms with Gasteiger partial charge in [-0.1, -0.05) is 83.5 Å². The molecule has 2 amide bonds. The van der Waals surface area contributed by atoms with Crippen LogP contribution in [0.25, 0.3) is 0 Å². The monoisotopic (exact) mass is 638 g/mol. The maximum Gasteiger partial charge on any atom is 0.233 e. The van der Waals surface area contributed by atoms with Gasteiger partial charge in [0.25, 0.3) is 0 Å². The highest BCUT2D eigenvalue weighted by molar-refractivity contribution is 5.78. The van der Waals surface area contributed by atoms with Gasteiger partial charge in [0.2, 0.25) is 11.8 Å². The number of nitrogens with zero attached hydrogens (tertiary/aromatic N) is 4. The van der Waals surface area contributed by atoms with Gasteiger partial charge in [0, 0.05) is 66.5 Å². The van der Waals surface area contributed by atoms with Gasteiger partial charge in [-0.05, 0) is 25.9 Å². The predicted octanol–water partition coefficient (Wildman–Crippen LogP) is 0.0513. The molecule has 0 unspecified atom stereocenters. The average Bonchev–Trinajstić information content (AvgIpc) is 3.29. The quantitative estimate of drug-likeness (QED) is 0.373. The zero-order valence-electron chi connectivity index (χ0n) is 28.3. The van der Waals surface area contributed by atoms with Gasteiger partial charge in [0.05, 0.1) is 25.0 Å². The highest BCUT2D eigenvalue weighted by Crippen LogP contribution is 2.15. The van der Waals surface area contributed by atoms with Crippen molar-refractivity contribution in [1.29, 1.82) is 0 Å². The van der Waals surface area contributed by atoms with Crippen LogP contribution in [0.3, 0.4) is 0 Å². The van der Waals surface area contributed by atoms with Crippen molar-refractivity contribution in [3.63, 3.8) is 0 Å². The number of carbonyl (C=O) groups excluding carboxylic acids is 4. The summed E-state index contributed by atoms with van der Waals surface area (Å²) in [5.41, 5.74) is 0. The lowest BCUT2D eigenvalue weighted by Gasteiger charge is -2.26. The Labute approximate surface area is 272 Å². The molecule has 2 aliphatic heterocycles. The number of aliphatic carboxylic acids is 2. The molecule has 0 aromatic heterocycles. The second-order valence-electron chi connectivity index (χ2n) is 12.5. The van der Waals surface area contributed by atoms with Crippen LogP contribution in [0.1, 0.15) is 96.3 Å². The van der Waals surface area contributed by atoms with E-state index in [1.54, 1.807) is 23.9 Å². The van der Waals surface area contributed by atoms with Crippen molar-refractivity contribution in [3.05, 3.63) is 0 Å². The van der Waals surface area contributed by atoms with Gasteiger partial charge < -0.3 is 30.4 Å². The molecule has 12 nitrogen and oxygen atoms in total. The summed E-state index contributed by atoms with van der Waals surface area (Å²) < 4.78 is 0. The molecule has 45 heavy (non-hydrogen) atoms. The van der Waals surface area contributed by atoms with E-state index in [2.05, 4.69) is 15.5 Å². The fourth-order valence-electron chi connectivity index (χ4n) is 5.83. The number of likely N-dealkylation sites (N-methyl/N-ethyl adjacent to an activating group) is 2. The van der Waals surface area contributed by atoms with Crippen molar-refractivity contribution in [1.82, 2.24) is 30.2 Å². The Kier molecular flexibility index (Phi) is 24.3. The molecular weight excluding hydrogens is 576 g/mol. The van der Waals surface area contributed by atoms with Gasteiger partial charge in [-0.15, -0.1) is 0 Å². The minimum absolute atomic E-state index is 0.142. The van der Waals surface area contributed by atoms with Gasteiger partial charge in [-0.2, -0.15) is 0 Å². The molecule has 0 spiro atoms. The van der Waals surface area contributed by atoms with Crippen molar-refractivity contribution in [2.24, 2.45) is 0 Å². The Balaban J connectivity index is 0.000000373. The topological polar surface area (TPSA) is 151 Å². The predicted molar refractivity (Wildman–Crippen MR) is 173 cm³/mol. The van der Waals surface area contributed by atoms with E-state index in [1.165, 1.54) is 96.3 Å². The van der Waals surface area contributed by atoms with E-state index in [4.69, 9.17) is 0 Å². The summed E-state index contributed by atoms with van der Waals surface area (Å²) in [5.74, 6) is -2.35. The maximum absolute atomic E-state index is 11.5. The van der Waals surface area contributed by atoms with Gasteiger partial charge in [-0.25, -0.2) is 0 Å². The van der Waals surface area contributed by atoms with E-state index in [9.17, 15) is 29.4 Å². The molecule has 2 saturated heterocycles. The van der Waals surface area contributed by atoms with E-state index in [0.29, 0.717) is 45.8 Å². The first-order chi connectivity index (χ1) is 21.7. The Morgan fingerprint density at radius 2 is 0.622 bits per heavy atom. The molecule has 3 fully saturated rings. The van der Waals surface area contributed by atoms with Gasteiger partial charge >= 0.3 is 0 Å². The van der Waals surface area contributed by atoms with Crippen LogP contribution in [0.4, 0.5) is 0 Å². The average molecular weight is 639 g/mol. The van der Waals surface area contributed by atoms with Crippen LogP contribution in [0.2, 0.25) is 0 Å². The van der Waals surface area contributed by atoms with Gasteiger partial charge in [0.15, 0.2) is 0 Å². The molecule has 0 radical (unpaired) electrons. The summed E-state index contributed by atoms with van der Waals surface area (Å²) >= 11 is 0. The summed E-state index contributed by atoms with van der Waals surface area (Å²) in [6, 6.07) is 0. The maximum atomic E-state index is 11.5. The molecule has 262 valence electrons. The van der Waals surface area contributed by atoms with Gasteiger partial charge in [-0.3, -0.25) is 29.2 Å². The van der Waals surface area contributed by atoms with Crippen LogP contribution in [-0.2, 0) is 19.2 Å². The Morgan fingerprint density at radius 1 is 0.400 bits per heavy atom. The molecule has 2 N–H and O–H groups in total. The first kappa shape index (κ1) is 40.7. The Morgan fingerprint density at radius 3 is 0.867 bits per heavy atom. The minimum Gasteiger partial charge on any atom is -0.549 e. The standard InChI is InChI=1S/C13H24N4O5.C11H22N2O.C9H18/c1-14-11(18)8-15-2-4-16(9-12(19)20)6-7-17(5-3-15)10-13(21)22;1-12-11(14)10-13-8-6-4-2-3-5-7-9-13;1-2-4-6-8-9-7-5-3-1/h2-10H2,1H3,(H,14,18)(H,19,20)(H,21,22);2-10H2,1H3,(H,12,14);1-9H2/p-2. The first-order valence-corrected chi connectivity index (χ1v) is 17.4. The van der Waals surface area contributed by atoms with E-state index in [1.807, 2.05) is 4.90 Å². The molecular formula is C33H62N6O6-2. The summed E-state index contributed by atoms with van der Waals surface area (Å²) in [6.45, 7) is 5.38. The number of hydrogen-bond donors (Lipinski definition) is 2. The highest BCUT2D eigenvalue weighted by Gasteiger charge is 2.18. The molecule has 1 aliphatic carbocycles. The zero-order valence-corrected chi connectivity index (χ0v) is 28.3. The summed E-state index contributed by atoms with van der Waals surface area (Å²) in [7, 11) is 3.25. The Bertz CT molecular complexity index is 750. The normalized spacial score (nSPS) is 20.5. The molecule has 0 aromatic rings. The van der Waals surface area contributed by atoms with Gasteiger partial charge in [0.1, 0.15) is 0 Å². The lowest BCUT2D eigenvalue weighted by Crippen LogP contribution is -2.45. The molecule has 0 bridgehead atoms. The van der Waals surface area contributed by atoms with E-state index >= 15 is 0 Å². The molecule has 12 heteroatoms. The van der Waals surface area contributed by atoms with Crippen LogP contribution >= 0.6 is 0 Å². The summed E-state index contributed by atoms with van der Waals surface area (Å²) in [4.78, 5) is 51.8. The molecule has 0 atom stereocenters. The van der Waals surface area contributed by atoms with Crippen molar-refractivity contribution in [3.8, 4) is 0 Å². The van der Waals surface area contributed by atoms with Crippen LogP contribution in [0, 0.1) is 0 Å². The second kappa shape index (κ2) is 26.9. The molecule has 2 heterocycles. The number of hydrogen-bond acceptors (Lipinski definition) is 10. The lowest BCUT2D eigenvalue weighted by molar-refractivity contribution is -0.308. The number of carbonyl (C=O) groups is 4. The number of carboxylic acid groups (broad SMARTS) is 2. The third-order valence-electron chi connectivity index (χ3n) is 8.64. The summed E-state index contributed by atoms with van der Waals surface area (Å²) in [6.07, 6.45) is 21.4. The number of carboxylic acids is 2. The number of rotatable bonds is 8. The molecule has 0 aromatic carbocycles. The molecule has 3 rings (SSSR count). The smallest absolute Gasteiger partial charge is 0.233 e. The lowest BCUT2D eigenvalue weighted by atomic mass is 10.1. The highest BCUT2D eigenvalue weighted by atomic mass is 16.4. The third kappa shape index (κ3) is 23.7. The SMILES string of the molecule is C1CCCCCCCC1.CNC(=O)CN1CCCCCCCC1.CNC(=O)CN1CCN(CC(=O)[O-])CCN(CC(=O)[O-])CC1. The number of nitrogens with one attached hydrogen (secondary N) is 2. The summed E-state index contributed by atoms with van der Waals surface area (Å²) in [5, 5.41) is 26.8. The van der Waals surface area contributed by atoms with Crippen LogP contribution in [0.5, 0.6) is 0 Å². The van der Waals surface area contributed by atoms with Crippen molar-refractivity contribution in [2.75, 3.05) is 92.6 Å². The van der Waals surface area contributed by atoms with E-state index in [0.717, 1.165) is 13.1 Å². The van der Waals surface area contributed by atoms with Crippen LogP contribution in [0.15, 0.2) is 0 Å². The first-order valence-electron chi connectivity index (χ1n) is 17.4. The van der Waals surface area contributed by atoms with Crippen molar-refractivity contribution >= 4 is 23.8 Å². The van der Waals surface area contributed by atoms with Crippen LogP contribution in [-0.4, -0.2) is 136 Å². The van der Waals surface area contributed by atoms with E-state index < -0.39 is 11.9 Å². The molecule has 1 saturated carbocycles. The zero-order chi connectivity index (χ0) is 33.1. The fourth-order valence-corrected chi connectivity index (χ4v) is 5.83.